The summed E-state index contributed by atoms with van der Waals surface area (Å²) in [7, 11) is 1.70. The van der Waals surface area contributed by atoms with Gasteiger partial charge in [-0.05, 0) is 36.8 Å². The third kappa shape index (κ3) is 3.82. The van der Waals surface area contributed by atoms with E-state index in [4.69, 9.17) is 4.52 Å². The van der Waals surface area contributed by atoms with Gasteiger partial charge in [0.25, 0.3) is 5.56 Å². The largest absolute Gasteiger partial charge is 0.364 e. The van der Waals surface area contributed by atoms with Crippen LogP contribution in [0.25, 0.3) is 11.0 Å². The highest BCUT2D eigenvalue weighted by molar-refractivity contribution is 5.88. The van der Waals surface area contributed by atoms with E-state index in [-0.39, 0.29) is 23.5 Å². The van der Waals surface area contributed by atoms with E-state index in [2.05, 4.69) is 32.9 Å². The van der Waals surface area contributed by atoms with E-state index in [9.17, 15) is 14.4 Å². The molecule has 0 N–H and O–H groups in total. The highest BCUT2D eigenvalue weighted by Gasteiger charge is 2.33. The van der Waals surface area contributed by atoms with Crippen LogP contribution in [0.15, 0.2) is 64.1 Å². The van der Waals surface area contributed by atoms with Crippen molar-refractivity contribution in [2.45, 2.75) is 19.0 Å². The summed E-state index contributed by atoms with van der Waals surface area (Å²) in [6.07, 6.45) is 1.54. The summed E-state index contributed by atoms with van der Waals surface area (Å²) in [6.45, 7) is 4.07. The molecule has 0 aliphatic carbocycles. The fourth-order valence-corrected chi connectivity index (χ4v) is 4.75. The van der Waals surface area contributed by atoms with Crippen molar-refractivity contribution < 1.29 is 8.91 Å². The third-order valence-corrected chi connectivity index (χ3v) is 6.44. The summed E-state index contributed by atoms with van der Waals surface area (Å²) < 4.78 is 20.2. The number of aryl methyl sites for hydroxylation is 1. The first-order valence-corrected chi connectivity index (χ1v) is 11.0. The monoisotopic (exact) mass is 458 g/mol. The lowest BCUT2D eigenvalue weighted by Crippen LogP contribution is -2.53. The lowest BCUT2D eigenvalue weighted by atomic mass is 9.99. The molecule has 0 saturated carbocycles. The maximum atomic E-state index is 13.6. The number of benzene rings is 1. The van der Waals surface area contributed by atoms with Gasteiger partial charge in [-0.1, -0.05) is 17.3 Å². The minimum atomic E-state index is -0.289. The van der Waals surface area contributed by atoms with Crippen molar-refractivity contribution in [1.29, 1.82) is 5.26 Å². The van der Waals surface area contributed by atoms with E-state index in [1.165, 1.54) is 18.4 Å². The van der Waals surface area contributed by atoms with Crippen molar-refractivity contribution in [3.05, 3.63) is 87.9 Å². The van der Waals surface area contributed by atoms with E-state index in [0.29, 0.717) is 36.4 Å². The average Bonchev–Trinajstić information content (AvgIpc) is 3.37. The van der Waals surface area contributed by atoms with Crippen LogP contribution in [0, 0.1) is 17.1 Å². The lowest BCUT2D eigenvalue weighted by Gasteiger charge is -2.44. The maximum absolute atomic E-state index is 13.6. The molecule has 0 amide bonds. The van der Waals surface area contributed by atoms with Gasteiger partial charge >= 0.3 is 0 Å². The van der Waals surface area contributed by atoms with Crippen LogP contribution < -0.4 is 10.5 Å². The summed E-state index contributed by atoms with van der Waals surface area (Å²) in [5.41, 5.74) is 3.90. The van der Waals surface area contributed by atoms with Crippen LogP contribution in [0.2, 0.25) is 0 Å². The molecule has 1 aliphatic heterocycles. The lowest BCUT2D eigenvalue weighted by molar-refractivity contribution is 0.182. The van der Waals surface area contributed by atoms with E-state index >= 15 is 0 Å². The van der Waals surface area contributed by atoms with Crippen molar-refractivity contribution in [3.63, 3.8) is 0 Å². The molecule has 5 rings (SSSR count). The zero-order chi connectivity index (χ0) is 23.8. The maximum Gasteiger partial charge on any atom is 0.252 e. The van der Waals surface area contributed by atoms with Crippen LogP contribution in [-0.4, -0.2) is 45.3 Å². The number of nitriles is 1. The second-order valence-electron chi connectivity index (χ2n) is 8.52. The fraction of sp³-hybridized carbons (Fsp3) is 0.280. The van der Waals surface area contributed by atoms with Crippen LogP contribution in [-0.2, 0) is 7.05 Å². The smallest absolute Gasteiger partial charge is 0.252 e. The molecule has 0 spiro atoms. The van der Waals surface area contributed by atoms with Crippen LogP contribution in [0.1, 0.15) is 29.9 Å². The number of anilines is 1. The Morgan fingerprint density at radius 1 is 1.18 bits per heavy atom. The molecule has 172 valence electrons. The number of halogens is 1. The first-order valence-electron chi connectivity index (χ1n) is 11.0. The zero-order valence-electron chi connectivity index (χ0n) is 18.8. The van der Waals surface area contributed by atoms with Gasteiger partial charge in [-0.3, -0.25) is 9.69 Å². The van der Waals surface area contributed by atoms with Gasteiger partial charge in [0.05, 0.1) is 17.2 Å². The highest BCUT2D eigenvalue weighted by Crippen LogP contribution is 2.33. The summed E-state index contributed by atoms with van der Waals surface area (Å²) >= 11 is 0. The van der Waals surface area contributed by atoms with E-state index in [0.717, 1.165) is 16.9 Å². The Morgan fingerprint density at radius 3 is 2.65 bits per heavy atom. The Morgan fingerprint density at radius 2 is 1.97 bits per heavy atom. The van der Waals surface area contributed by atoms with Crippen LogP contribution in [0.3, 0.4) is 0 Å². The number of rotatable bonds is 4. The Hall–Kier alpha value is -4.03. The first kappa shape index (κ1) is 21.8. The normalized spacial score (nSPS) is 17.6. The van der Waals surface area contributed by atoms with Crippen LogP contribution in [0.4, 0.5) is 10.1 Å². The summed E-state index contributed by atoms with van der Waals surface area (Å²) in [4.78, 5) is 21.7. The molecule has 1 aromatic carbocycles. The Bertz CT molecular complexity index is 1430. The Kier molecular flexibility index (Phi) is 5.59. The van der Waals surface area contributed by atoms with Gasteiger partial charge in [0, 0.05) is 44.9 Å². The van der Waals surface area contributed by atoms with Gasteiger partial charge in [-0.15, -0.1) is 0 Å². The summed E-state index contributed by atoms with van der Waals surface area (Å²) in [5, 5.41) is 13.5. The van der Waals surface area contributed by atoms with Crippen LogP contribution >= 0.6 is 0 Å². The quantitative estimate of drug-likeness (QED) is 0.464. The van der Waals surface area contributed by atoms with Gasteiger partial charge in [-0.25, -0.2) is 9.37 Å². The van der Waals surface area contributed by atoms with Crippen molar-refractivity contribution >= 4 is 16.7 Å². The number of nitrogens with zero attached hydrogens (tertiary/aromatic N) is 6. The Labute approximate surface area is 195 Å². The molecule has 1 fully saturated rings. The van der Waals surface area contributed by atoms with Crippen molar-refractivity contribution in [2.75, 3.05) is 24.5 Å². The van der Waals surface area contributed by atoms with E-state index in [1.54, 1.807) is 41.9 Å². The van der Waals surface area contributed by atoms with Crippen molar-refractivity contribution in [2.24, 2.45) is 7.05 Å². The first-order chi connectivity index (χ1) is 16.5. The molecule has 8 nitrogen and oxygen atoms in total. The Balaban J connectivity index is 1.50. The van der Waals surface area contributed by atoms with Gasteiger partial charge in [-0.2, -0.15) is 5.26 Å². The molecule has 4 heterocycles. The molecule has 0 radical (unpaired) electrons. The number of piperazine rings is 1. The molecule has 0 bridgehead atoms. The molecule has 1 saturated heterocycles. The molecule has 3 aromatic heterocycles. The molecular weight excluding hydrogens is 435 g/mol. The minimum absolute atomic E-state index is 0.0337. The number of hydrogen-bond donors (Lipinski definition) is 0. The average molecular weight is 458 g/mol. The highest BCUT2D eigenvalue weighted by atomic mass is 19.1. The fourth-order valence-electron chi connectivity index (χ4n) is 4.75. The van der Waals surface area contributed by atoms with Gasteiger partial charge < -0.3 is 14.0 Å². The number of pyridine rings is 2. The number of fused-ring (bicyclic) bond motifs is 1. The summed E-state index contributed by atoms with van der Waals surface area (Å²) in [5.74, 6) is -0.289. The third-order valence-electron chi connectivity index (χ3n) is 6.44. The van der Waals surface area contributed by atoms with Gasteiger partial charge in [0.2, 0.25) is 0 Å². The van der Waals surface area contributed by atoms with Gasteiger partial charge in [0.1, 0.15) is 35.1 Å². The number of aromatic nitrogens is 3. The second kappa shape index (κ2) is 8.72. The second-order valence-corrected chi connectivity index (χ2v) is 8.52. The molecular formula is C25H23FN6O2. The van der Waals surface area contributed by atoms with Gasteiger partial charge in [0.15, 0.2) is 0 Å². The molecule has 4 aromatic rings. The predicted octanol–water partition coefficient (Wildman–Crippen LogP) is 3.23. The molecule has 34 heavy (non-hydrogen) atoms. The predicted molar refractivity (Wildman–Crippen MR) is 125 cm³/mol. The minimum Gasteiger partial charge on any atom is -0.364 e. The molecule has 9 heteroatoms. The number of hydrogen-bond acceptors (Lipinski definition) is 7. The summed E-state index contributed by atoms with van der Waals surface area (Å²) in [6, 6.07) is 15.2. The topological polar surface area (TPSA) is 91.2 Å². The molecule has 2 atom stereocenters. The molecule has 1 unspecified atom stereocenters. The van der Waals surface area contributed by atoms with Crippen molar-refractivity contribution in [1.82, 2.24) is 19.6 Å². The SMILES string of the molecule is C[C@H]1CN(C(c2ccc(F)cc2)c2ccon2)CCN1c1cc(=O)n(C)c2ccc(C#N)nc12. The van der Waals surface area contributed by atoms with Crippen molar-refractivity contribution in [3.8, 4) is 6.07 Å². The van der Waals surface area contributed by atoms with E-state index < -0.39 is 0 Å². The van der Waals surface area contributed by atoms with Crippen LogP contribution in [0.5, 0.6) is 0 Å². The standard InChI is InChI=1S/C25H23FN6O2/c1-16-15-31(25(20-9-12-34-29-20)17-3-5-18(26)6-4-17)10-11-32(16)22-13-23(33)30(2)21-8-7-19(14-27)28-24(21)22/h3-9,12-13,16,25H,10-11,15H2,1-2H3/t16-,25?/m0/s1. The zero-order valence-corrected chi connectivity index (χ0v) is 18.8. The molecule has 1 aliphatic rings. The van der Waals surface area contributed by atoms with E-state index in [1.807, 2.05) is 6.07 Å².